The lowest BCUT2D eigenvalue weighted by Gasteiger charge is -2.19. The maximum atomic E-state index is 11.6. The number of carbonyl (C=O) groups excluding carboxylic acids is 1. The summed E-state index contributed by atoms with van der Waals surface area (Å²) >= 11 is 0. The third-order valence-electron chi connectivity index (χ3n) is 2.76. The quantitative estimate of drug-likeness (QED) is 0.859. The van der Waals surface area contributed by atoms with E-state index in [1.54, 1.807) is 6.20 Å². The Morgan fingerprint density at radius 2 is 2.00 bits per heavy atom. The second kappa shape index (κ2) is 5.14. The average Bonchev–Trinajstić information content (AvgIpc) is 2.35. The first-order valence-electron chi connectivity index (χ1n) is 5.98. The average molecular weight is 243 g/mol. The molecule has 2 aromatic rings. The number of para-hydroxylation sites is 1. The van der Waals surface area contributed by atoms with E-state index in [2.05, 4.69) is 10.3 Å². The standard InChI is InChI=1S/C14H17N3O/c1-9(2)17-13(14(15)18)11-7-3-5-10-6-4-8-16-12(10)11/h3-9,13,17H,1-2H3,(H2,15,18). The van der Waals surface area contributed by atoms with Crippen molar-refractivity contribution in [3.05, 3.63) is 42.1 Å². The van der Waals surface area contributed by atoms with Crippen LogP contribution in [0.1, 0.15) is 25.5 Å². The molecule has 0 fully saturated rings. The Kier molecular flexibility index (Phi) is 3.58. The van der Waals surface area contributed by atoms with Gasteiger partial charge in [-0.2, -0.15) is 0 Å². The summed E-state index contributed by atoms with van der Waals surface area (Å²) in [5, 5.41) is 4.18. The van der Waals surface area contributed by atoms with Crippen molar-refractivity contribution in [1.82, 2.24) is 10.3 Å². The Morgan fingerprint density at radius 1 is 1.28 bits per heavy atom. The predicted octanol–water partition coefficient (Wildman–Crippen LogP) is 1.76. The van der Waals surface area contributed by atoms with Gasteiger partial charge in [-0.3, -0.25) is 15.1 Å². The maximum absolute atomic E-state index is 11.6. The maximum Gasteiger partial charge on any atom is 0.239 e. The van der Waals surface area contributed by atoms with Gasteiger partial charge in [0.15, 0.2) is 0 Å². The first kappa shape index (κ1) is 12.5. The van der Waals surface area contributed by atoms with Gasteiger partial charge in [0.25, 0.3) is 0 Å². The molecule has 1 unspecified atom stereocenters. The molecule has 0 aliphatic rings. The first-order valence-corrected chi connectivity index (χ1v) is 5.98. The predicted molar refractivity (Wildman–Crippen MR) is 72.0 cm³/mol. The zero-order valence-electron chi connectivity index (χ0n) is 10.6. The fourth-order valence-electron chi connectivity index (χ4n) is 2.02. The molecule has 0 spiro atoms. The number of carbonyl (C=O) groups is 1. The normalized spacial score (nSPS) is 12.8. The van der Waals surface area contributed by atoms with Crippen LogP contribution >= 0.6 is 0 Å². The number of benzene rings is 1. The second-order valence-corrected chi connectivity index (χ2v) is 4.58. The molecule has 0 aliphatic heterocycles. The number of hydrogen-bond donors (Lipinski definition) is 2. The van der Waals surface area contributed by atoms with Crippen molar-refractivity contribution in [2.75, 3.05) is 0 Å². The zero-order chi connectivity index (χ0) is 13.1. The minimum atomic E-state index is -0.511. The van der Waals surface area contributed by atoms with E-state index in [0.717, 1.165) is 16.5 Å². The minimum absolute atomic E-state index is 0.168. The van der Waals surface area contributed by atoms with Gasteiger partial charge in [-0.05, 0) is 19.9 Å². The summed E-state index contributed by atoms with van der Waals surface area (Å²) in [6, 6.07) is 9.28. The van der Waals surface area contributed by atoms with E-state index in [-0.39, 0.29) is 11.9 Å². The summed E-state index contributed by atoms with van der Waals surface area (Å²) in [6.07, 6.45) is 1.72. The lowest BCUT2D eigenvalue weighted by Crippen LogP contribution is -2.37. The number of nitrogens with zero attached hydrogens (tertiary/aromatic N) is 1. The van der Waals surface area contributed by atoms with Crippen molar-refractivity contribution >= 4 is 16.8 Å². The molecular formula is C14H17N3O. The van der Waals surface area contributed by atoms with E-state index in [1.165, 1.54) is 0 Å². The van der Waals surface area contributed by atoms with Crippen LogP contribution in [-0.2, 0) is 4.79 Å². The second-order valence-electron chi connectivity index (χ2n) is 4.58. The Hall–Kier alpha value is -1.94. The molecule has 1 aromatic heterocycles. The van der Waals surface area contributed by atoms with Crippen molar-refractivity contribution in [2.45, 2.75) is 25.9 Å². The molecule has 1 aromatic carbocycles. The number of primary amides is 1. The number of aromatic nitrogens is 1. The van der Waals surface area contributed by atoms with Gasteiger partial charge < -0.3 is 5.73 Å². The van der Waals surface area contributed by atoms with Gasteiger partial charge in [-0.15, -0.1) is 0 Å². The molecule has 1 amide bonds. The topological polar surface area (TPSA) is 68.0 Å². The smallest absolute Gasteiger partial charge is 0.239 e. The molecule has 0 radical (unpaired) electrons. The van der Waals surface area contributed by atoms with Crippen molar-refractivity contribution in [3.8, 4) is 0 Å². The van der Waals surface area contributed by atoms with E-state index in [0.29, 0.717) is 0 Å². The highest BCUT2D eigenvalue weighted by Gasteiger charge is 2.20. The van der Waals surface area contributed by atoms with Gasteiger partial charge in [-0.1, -0.05) is 24.3 Å². The van der Waals surface area contributed by atoms with Gasteiger partial charge >= 0.3 is 0 Å². The lowest BCUT2D eigenvalue weighted by molar-refractivity contribution is -0.120. The molecule has 1 heterocycles. The van der Waals surface area contributed by atoms with Crippen molar-refractivity contribution in [2.24, 2.45) is 5.73 Å². The van der Waals surface area contributed by atoms with Gasteiger partial charge in [0, 0.05) is 23.2 Å². The first-order chi connectivity index (χ1) is 8.59. The van der Waals surface area contributed by atoms with E-state index < -0.39 is 6.04 Å². The van der Waals surface area contributed by atoms with E-state index >= 15 is 0 Å². The fourth-order valence-corrected chi connectivity index (χ4v) is 2.02. The molecule has 0 aliphatic carbocycles. The molecule has 0 saturated carbocycles. The molecule has 0 bridgehead atoms. The Morgan fingerprint density at radius 3 is 2.67 bits per heavy atom. The molecule has 1 atom stereocenters. The fraction of sp³-hybridized carbons (Fsp3) is 0.286. The summed E-state index contributed by atoms with van der Waals surface area (Å²) in [4.78, 5) is 16.0. The summed E-state index contributed by atoms with van der Waals surface area (Å²) in [6.45, 7) is 3.96. The molecule has 18 heavy (non-hydrogen) atoms. The van der Waals surface area contributed by atoms with Gasteiger partial charge in [0.1, 0.15) is 6.04 Å². The number of rotatable bonds is 4. The summed E-state index contributed by atoms with van der Waals surface area (Å²) in [5.41, 5.74) is 7.12. The number of hydrogen-bond acceptors (Lipinski definition) is 3. The molecular weight excluding hydrogens is 226 g/mol. The number of pyridine rings is 1. The van der Waals surface area contributed by atoms with E-state index in [4.69, 9.17) is 5.73 Å². The van der Waals surface area contributed by atoms with Crippen LogP contribution in [0.3, 0.4) is 0 Å². The molecule has 3 N–H and O–H groups in total. The molecule has 2 rings (SSSR count). The summed E-state index contributed by atoms with van der Waals surface area (Å²) in [7, 11) is 0. The highest BCUT2D eigenvalue weighted by molar-refractivity contribution is 5.89. The summed E-state index contributed by atoms with van der Waals surface area (Å²) < 4.78 is 0. The van der Waals surface area contributed by atoms with Crippen LogP contribution < -0.4 is 11.1 Å². The van der Waals surface area contributed by atoms with Gasteiger partial charge in [0.2, 0.25) is 5.91 Å². The van der Waals surface area contributed by atoms with E-state index in [1.807, 2.05) is 44.2 Å². The van der Waals surface area contributed by atoms with Crippen LogP contribution in [0.4, 0.5) is 0 Å². The zero-order valence-corrected chi connectivity index (χ0v) is 10.6. The third kappa shape index (κ3) is 2.49. The van der Waals surface area contributed by atoms with Crippen molar-refractivity contribution < 1.29 is 4.79 Å². The Balaban J connectivity index is 2.53. The third-order valence-corrected chi connectivity index (χ3v) is 2.76. The van der Waals surface area contributed by atoms with Crippen LogP contribution in [-0.4, -0.2) is 16.9 Å². The monoisotopic (exact) mass is 243 g/mol. The summed E-state index contributed by atoms with van der Waals surface area (Å²) in [5.74, 6) is -0.387. The molecule has 0 saturated heterocycles. The highest BCUT2D eigenvalue weighted by Crippen LogP contribution is 2.22. The Bertz CT molecular complexity index is 560. The van der Waals surface area contributed by atoms with Crippen LogP contribution in [0.2, 0.25) is 0 Å². The molecule has 4 nitrogen and oxygen atoms in total. The molecule has 4 heteroatoms. The van der Waals surface area contributed by atoms with Crippen LogP contribution in [0.25, 0.3) is 10.9 Å². The van der Waals surface area contributed by atoms with Crippen LogP contribution in [0.15, 0.2) is 36.5 Å². The van der Waals surface area contributed by atoms with Crippen molar-refractivity contribution in [1.29, 1.82) is 0 Å². The number of amides is 1. The largest absolute Gasteiger partial charge is 0.368 e. The number of nitrogens with two attached hydrogens (primary N) is 1. The van der Waals surface area contributed by atoms with Crippen LogP contribution in [0, 0.1) is 0 Å². The molecule has 94 valence electrons. The number of fused-ring (bicyclic) bond motifs is 1. The van der Waals surface area contributed by atoms with Crippen LogP contribution in [0.5, 0.6) is 0 Å². The highest BCUT2D eigenvalue weighted by atomic mass is 16.1. The Labute approximate surface area is 106 Å². The SMILES string of the molecule is CC(C)NC(C(N)=O)c1cccc2cccnc12. The minimum Gasteiger partial charge on any atom is -0.368 e. The van der Waals surface area contributed by atoms with Crippen molar-refractivity contribution in [3.63, 3.8) is 0 Å². The lowest BCUT2D eigenvalue weighted by atomic mass is 10.0. The van der Waals surface area contributed by atoms with Gasteiger partial charge in [-0.25, -0.2) is 0 Å². The van der Waals surface area contributed by atoms with E-state index in [9.17, 15) is 4.79 Å². The number of nitrogens with one attached hydrogen (secondary N) is 1. The van der Waals surface area contributed by atoms with Gasteiger partial charge in [0.05, 0.1) is 5.52 Å².